The van der Waals surface area contributed by atoms with E-state index in [1.165, 1.54) is 0 Å². The van der Waals surface area contributed by atoms with Crippen molar-refractivity contribution in [1.82, 2.24) is 19.8 Å². The van der Waals surface area contributed by atoms with Crippen molar-refractivity contribution in [2.75, 3.05) is 46.9 Å². The van der Waals surface area contributed by atoms with Gasteiger partial charge in [0, 0.05) is 13.1 Å². The van der Waals surface area contributed by atoms with Gasteiger partial charge in [-0.2, -0.15) is 4.31 Å². The van der Waals surface area contributed by atoms with E-state index in [0.29, 0.717) is 19.0 Å². The third-order valence-corrected chi connectivity index (χ3v) is 6.04. The molecule has 9 nitrogen and oxygen atoms in total. The smallest absolute Gasteiger partial charge is 0.309 e. The number of sulfonamides is 1. The molecular weight excluding hydrogens is 410 g/mol. The van der Waals surface area contributed by atoms with Crippen LogP contribution in [0.1, 0.15) is 6.42 Å². The summed E-state index contributed by atoms with van der Waals surface area (Å²) in [5, 5.41) is 4.75. The number of carbonyl (C=O) groups excluding carboxylic acids is 2. The number of halogens is 2. The van der Waals surface area contributed by atoms with Gasteiger partial charge in [0.15, 0.2) is 0 Å². The minimum atomic E-state index is -4.40. The van der Waals surface area contributed by atoms with E-state index in [0.717, 1.165) is 23.0 Å². The molecule has 1 saturated heterocycles. The number of carbonyl (C=O) groups is 2. The lowest BCUT2D eigenvalue weighted by Gasteiger charge is -2.23. The average Bonchev–Trinajstić information content (AvgIpc) is 3.14. The van der Waals surface area contributed by atoms with Gasteiger partial charge in [0.2, 0.25) is 10.0 Å². The van der Waals surface area contributed by atoms with Gasteiger partial charge >= 0.3 is 11.8 Å². The van der Waals surface area contributed by atoms with Crippen LogP contribution in [0.5, 0.6) is 0 Å². The summed E-state index contributed by atoms with van der Waals surface area (Å²) >= 11 is 0. The highest BCUT2D eigenvalue weighted by Gasteiger charge is 2.38. The monoisotopic (exact) mass is 434 g/mol. The van der Waals surface area contributed by atoms with Gasteiger partial charge < -0.3 is 20.3 Å². The number of nitrogens with zero attached hydrogens (tertiary/aromatic N) is 2. The summed E-state index contributed by atoms with van der Waals surface area (Å²) in [6, 6.07) is 2.11. The van der Waals surface area contributed by atoms with Crippen LogP contribution < -0.4 is 10.6 Å². The number of benzene rings is 1. The molecule has 1 aromatic rings. The molecule has 0 aliphatic carbocycles. The van der Waals surface area contributed by atoms with Crippen LogP contribution in [-0.2, 0) is 24.3 Å². The Labute approximate surface area is 168 Å². The second-order valence-electron chi connectivity index (χ2n) is 6.64. The summed E-state index contributed by atoms with van der Waals surface area (Å²) in [4.78, 5) is 24.8. The zero-order valence-electron chi connectivity index (χ0n) is 16.2. The van der Waals surface area contributed by atoms with Crippen LogP contribution in [0.2, 0.25) is 0 Å². The molecule has 0 bridgehead atoms. The predicted molar refractivity (Wildman–Crippen MR) is 99.2 cm³/mol. The average molecular weight is 434 g/mol. The molecule has 162 valence electrons. The topological polar surface area (TPSA) is 108 Å². The van der Waals surface area contributed by atoms with Gasteiger partial charge in [0.25, 0.3) is 0 Å². The molecule has 0 radical (unpaired) electrons. The second-order valence-corrected chi connectivity index (χ2v) is 8.50. The van der Waals surface area contributed by atoms with Crippen molar-refractivity contribution in [3.63, 3.8) is 0 Å². The lowest BCUT2D eigenvalue weighted by atomic mass is 10.3. The van der Waals surface area contributed by atoms with Crippen LogP contribution >= 0.6 is 0 Å². The van der Waals surface area contributed by atoms with E-state index in [2.05, 4.69) is 10.6 Å². The fourth-order valence-corrected chi connectivity index (χ4v) is 4.27. The molecule has 0 aromatic heterocycles. The highest BCUT2D eigenvalue weighted by Crippen LogP contribution is 2.24. The first-order valence-electron chi connectivity index (χ1n) is 8.92. The molecule has 2 rings (SSSR count). The summed E-state index contributed by atoms with van der Waals surface area (Å²) in [6.07, 6.45) is -0.489. The molecule has 1 aliphatic rings. The molecule has 29 heavy (non-hydrogen) atoms. The van der Waals surface area contributed by atoms with Crippen LogP contribution in [0.4, 0.5) is 8.78 Å². The number of amides is 2. The first-order chi connectivity index (χ1) is 13.6. The molecule has 1 fully saturated rings. The Kier molecular flexibility index (Phi) is 8.02. The van der Waals surface area contributed by atoms with E-state index in [-0.39, 0.29) is 19.7 Å². The predicted octanol–water partition coefficient (Wildman–Crippen LogP) is -0.504. The molecule has 1 heterocycles. The molecule has 2 N–H and O–H groups in total. The molecule has 1 aliphatic heterocycles. The van der Waals surface area contributed by atoms with Crippen molar-refractivity contribution in [3.05, 3.63) is 29.8 Å². The van der Waals surface area contributed by atoms with Crippen molar-refractivity contribution in [1.29, 1.82) is 0 Å². The Bertz CT molecular complexity index is 850. The molecule has 2 amide bonds. The van der Waals surface area contributed by atoms with E-state index in [4.69, 9.17) is 4.74 Å². The van der Waals surface area contributed by atoms with E-state index in [9.17, 15) is 26.8 Å². The third kappa shape index (κ3) is 6.16. The van der Waals surface area contributed by atoms with Crippen molar-refractivity contribution in [2.45, 2.75) is 17.5 Å². The van der Waals surface area contributed by atoms with Crippen molar-refractivity contribution in [3.8, 4) is 0 Å². The SMILES string of the molecule is CN(C)CCCNC(=O)C(=O)NC[C@@H]1OCCN1S(=O)(=O)c1cc(F)ccc1F. The largest absolute Gasteiger partial charge is 0.359 e. The lowest BCUT2D eigenvalue weighted by molar-refractivity contribution is -0.139. The standard InChI is InChI=1S/C17H24F2N4O5S/c1-22(2)7-3-6-20-16(24)17(25)21-11-15-23(8-9-28-15)29(26,27)14-10-12(18)4-5-13(14)19/h4-5,10,15H,3,6-9,11H2,1-2H3,(H,20,24)(H,21,25)/t15-/m0/s1. The summed E-state index contributed by atoms with van der Waals surface area (Å²) < 4.78 is 58.8. The number of hydrogen-bond donors (Lipinski definition) is 2. The molecule has 0 saturated carbocycles. The van der Waals surface area contributed by atoms with Crippen molar-refractivity contribution >= 4 is 21.8 Å². The Morgan fingerprint density at radius 2 is 1.93 bits per heavy atom. The maximum absolute atomic E-state index is 13.9. The molecule has 1 atom stereocenters. The molecule has 0 spiro atoms. The summed E-state index contributed by atoms with van der Waals surface area (Å²) in [7, 11) is -0.637. The number of ether oxygens (including phenoxy) is 1. The normalized spacial score (nSPS) is 17.5. The Morgan fingerprint density at radius 1 is 1.24 bits per heavy atom. The minimum Gasteiger partial charge on any atom is -0.359 e. The number of nitrogens with one attached hydrogen (secondary N) is 2. The quantitative estimate of drug-likeness (QED) is 0.422. The van der Waals surface area contributed by atoms with Crippen LogP contribution in [0.3, 0.4) is 0 Å². The lowest BCUT2D eigenvalue weighted by Crippen LogP contribution is -2.47. The number of rotatable bonds is 8. The van der Waals surface area contributed by atoms with Crippen LogP contribution in [0.15, 0.2) is 23.1 Å². The van der Waals surface area contributed by atoms with E-state index >= 15 is 0 Å². The van der Waals surface area contributed by atoms with Gasteiger partial charge in [-0.25, -0.2) is 17.2 Å². The zero-order chi connectivity index (χ0) is 21.6. The highest BCUT2D eigenvalue weighted by molar-refractivity contribution is 7.89. The maximum atomic E-state index is 13.9. The van der Waals surface area contributed by atoms with E-state index in [1.54, 1.807) is 0 Å². The number of hydrogen-bond acceptors (Lipinski definition) is 6. The first-order valence-corrected chi connectivity index (χ1v) is 10.4. The van der Waals surface area contributed by atoms with Crippen LogP contribution in [0, 0.1) is 11.6 Å². The van der Waals surface area contributed by atoms with Crippen LogP contribution in [0.25, 0.3) is 0 Å². The Morgan fingerprint density at radius 3 is 2.62 bits per heavy atom. The van der Waals surface area contributed by atoms with E-state index in [1.807, 2.05) is 19.0 Å². The van der Waals surface area contributed by atoms with Gasteiger partial charge in [-0.1, -0.05) is 0 Å². The second kappa shape index (κ2) is 10.1. The maximum Gasteiger partial charge on any atom is 0.309 e. The molecule has 0 unspecified atom stereocenters. The minimum absolute atomic E-state index is 0.00737. The summed E-state index contributed by atoms with van der Waals surface area (Å²) in [5.74, 6) is -3.80. The van der Waals surface area contributed by atoms with Crippen LogP contribution in [-0.4, -0.2) is 82.5 Å². The fraction of sp³-hybridized carbons (Fsp3) is 0.529. The van der Waals surface area contributed by atoms with Gasteiger partial charge in [-0.3, -0.25) is 9.59 Å². The molecular formula is C17H24F2N4O5S. The first kappa shape index (κ1) is 23.1. The third-order valence-electron chi connectivity index (χ3n) is 4.13. The van der Waals surface area contributed by atoms with E-state index < -0.39 is 44.6 Å². The van der Waals surface area contributed by atoms with Gasteiger partial charge in [0.1, 0.15) is 22.8 Å². The Balaban J connectivity index is 1.95. The molecule has 12 heteroatoms. The molecule has 1 aromatic carbocycles. The Hall–Kier alpha value is -2.15. The fourth-order valence-electron chi connectivity index (χ4n) is 2.68. The van der Waals surface area contributed by atoms with Gasteiger partial charge in [-0.15, -0.1) is 0 Å². The highest BCUT2D eigenvalue weighted by atomic mass is 32.2. The van der Waals surface area contributed by atoms with Gasteiger partial charge in [-0.05, 0) is 45.3 Å². The van der Waals surface area contributed by atoms with Gasteiger partial charge in [0.05, 0.1) is 13.2 Å². The summed E-state index contributed by atoms with van der Waals surface area (Å²) in [5.41, 5.74) is 0. The summed E-state index contributed by atoms with van der Waals surface area (Å²) in [6.45, 7) is 0.633. The zero-order valence-corrected chi connectivity index (χ0v) is 17.0. The van der Waals surface area contributed by atoms with Crippen molar-refractivity contribution in [2.24, 2.45) is 0 Å². The van der Waals surface area contributed by atoms with Crippen molar-refractivity contribution < 1.29 is 31.5 Å².